The van der Waals surface area contributed by atoms with Crippen LogP contribution in [-0.2, 0) is 0 Å². The molecule has 0 bridgehead atoms. The molecule has 10 nitrogen and oxygen atoms in total. The molecular weight excluding hydrogens is 722 g/mol. The summed E-state index contributed by atoms with van der Waals surface area (Å²) in [5.74, 6) is 6.27. The van der Waals surface area contributed by atoms with Gasteiger partial charge >= 0.3 is 13.2 Å². The van der Waals surface area contributed by atoms with Gasteiger partial charge in [0.2, 0.25) is 0 Å². The van der Waals surface area contributed by atoms with Gasteiger partial charge in [-0.1, -0.05) is 24.0 Å². The normalized spacial score (nSPS) is 10.1. The van der Waals surface area contributed by atoms with Gasteiger partial charge in [-0.3, -0.25) is 0 Å². The van der Waals surface area contributed by atoms with Crippen LogP contribution < -0.4 is 9.47 Å². The Balaban J connectivity index is 0.000000189. The number of halogens is 7. The highest BCUT2D eigenvalue weighted by atomic mass is 79.9. The summed E-state index contributed by atoms with van der Waals surface area (Å²) < 4.78 is 86.6. The number of pyridine rings is 4. The van der Waals surface area contributed by atoms with Crippen LogP contribution in [0.1, 0.15) is 16.8 Å². The summed E-state index contributed by atoms with van der Waals surface area (Å²) in [7, 11) is 0. The monoisotopic (exact) mass is 740 g/mol. The first-order chi connectivity index (χ1) is 23.6. The Morgan fingerprint density at radius 1 is 0.653 bits per heavy atom. The molecule has 17 heteroatoms. The predicted molar refractivity (Wildman–Crippen MR) is 166 cm³/mol. The van der Waals surface area contributed by atoms with Gasteiger partial charge in [0, 0.05) is 12.4 Å². The molecule has 6 rings (SSSR count). The zero-order valence-electron chi connectivity index (χ0n) is 24.5. The van der Waals surface area contributed by atoms with Crippen molar-refractivity contribution in [3.8, 4) is 47.6 Å². The lowest BCUT2D eigenvalue weighted by Gasteiger charge is -2.00. The molecule has 0 spiro atoms. The third-order valence-electron chi connectivity index (χ3n) is 5.43. The molecule has 0 aliphatic rings. The molecule has 0 aromatic carbocycles. The van der Waals surface area contributed by atoms with Crippen molar-refractivity contribution in [3.05, 3.63) is 131 Å². The first-order valence-corrected chi connectivity index (χ1v) is 14.2. The minimum Gasteiger partial charge on any atom is -0.414 e. The lowest BCUT2D eigenvalue weighted by molar-refractivity contribution is -0.0539. The van der Waals surface area contributed by atoms with Crippen LogP contribution in [-0.4, -0.2) is 52.7 Å². The summed E-state index contributed by atoms with van der Waals surface area (Å²) in [4.78, 5) is 15.5. The van der Waals surface area contributed by atoms with Crippen LogP contribution >= 0.6 is 15.9 Å². The maximum Gasteiger partial charge on any atom is 0.388 e. The van der Waals surface area contributed by atoms with Crippen molar-refractivity contribution in [2.45, 2.75) is 13.2 Å². The van der Waals surface area contributed by atoms with Crippen molar-refractivity contribution >= 4 is 15.9 Å². The standard InChI is InChI=1S/C16H9F3N4O.C11H6F3N3O.C5H4BrN/c17-12-5-7-14(21-9-12)23-10-11(15(22-23)24-16(18)19)4-6-13-3-1-2-8-20-13;1-2-7-6-17(16-10(7)18-11(13)14)9-4-3-8(12)5-15-9;6-5-3-1-2-4-7-5/h1-3,5,7-10,16H;1,3-6,11H;1-4H. The highest BCUT2D eigenvalue weighted by molar-refractivity contribution is 9.10. The second-order valence-corrected chi connectivity index (χ2v) is 9.59. The Bertz CT molecular complexity index is 2030. The number of aromatic nitrogens is 8. The van der Waals surface area contributed by atoms with Crippen LogP contribution in [0.15, 0.2) is 102 Å². The number of hydrogen-bond donors (Lipinski definition) is 0. The highest BCUT2D eigenvalue weighted by Gasteiger charge is 2.16. The molecule has 0 fully saturated rings. The summed E-state index contributed by atoms with van der Waals surface area (Å²) in [5, 5.41) is 7.58. The molecule has 0 amide bonds. The molecule has 6 aromatic rings. The van der Waals surface area contributed by atoms with E-state index in [4.69, 9.17) is 6.42 Å². The fourth-order valence-corrected chi connectivity index (χ4v) is 3.67. The smallest absolute Gasteiger partial charge is 0.388 e. The first kappa shape index (κ1) is 35.7. The van der Waals surface area contributed by atoms with Gasteiger partial charge in [-0.05, 0) is 70.4 Å². The van der Waals surface area contributed by atoms with Gasteiger partial charge in [-0.15, -0.1) is 16.6 Å². The van der Waals surface area contributed by atoms with Crippen molar-refractivity contribution in [1.29, 1.82) is 0 Å². The van der Waals surface area contributed by atoms with E-state index in [1.807, 2.05) is 18.2 Å². The zero-order valence-corrected chi connectivity index (χ0v) is 26.1. The molecule has 0 saturated carbocycles. The highest BCUT2D eigenvalue weighted by Crippen LogP contribution is 2.21. The van der Waals surface area contributed by atoms with Crippen molar-refractivity contribution in [2.75, 3.05) is 0 Å². The van der Waals surface area contributed by atoms with E-state index < -0.39 is 24.9 Å². The second-order valence-electron chi connectivity index (χ2n) is 8.77. The van der Waals surface area contributed by atoms with Crippen molar-refractivity contribution in [1.82, 2.24) is 39.5 Å². The first-order valence-electron chi connectivity index (χ1n) is 13.4. The van der Waals surface area contributed by atoms with Gasteiger partial charge in [0.15, 0.2) is 11.6 Å². The van der Waals surface area contributed by atoms with E-state index in [1.165, 1.54) is 35.3 Å². The number of ether oxygens (including phenoxy) is 2. The fourth-order valence-electron chi connectivity index (χ4n) is 3.40. The van der Waals surface area contributed by atoms with E-state index in [0.717, 1.165) is 27.7 Å². The van der Waals surface area contributed by atoms with E-state index in [-0.39, 0.29) is 34.5 Å². The molecule has 248 valence electrons. The molecule has 0 aliphatic heterocycles. The second kappa shape index (κ2) is 17.6. The summed E-state index contributed by atoms with van der Waals surface area (Å²) in [6.07, 6.45) is 13.1. The Morgan fingerprint density at radius 3 is 1.59 bits per heavy atom. The number of hydrogen-bond acceptors (Lipinski definition) is 8. The van der Waals surface area contributed by atoms with Gasteiger partial charge in [0.05, 0.1) is 24.8 Å². The lowest BCUT2D eigenvalue weighted by atomic mass is 10.3. The Hall–Kier alpha value is -6.20. The Morgan fingerprint density at radius 2 is 1.18 bits per heavy atom. The van der Waals surface area contributed by atoms with Crippen molar-refractivity contribution in [2.24, 2.45) is 0 Å². The van der Waals surface area contributed by atoms with Crippen molar-refractivity contribution in [3.63, 3.8) is 0 Å². The fraction of sp³-hybridized carbons (Fsp3) is 0.0625. The molecule has 0 radical (unpaired) electrons. The number of alkyl halides is 4. The number of nitrogens with zero attached hydrogens (tertiary/aromatic N) is 8. The number of rotatable bonds is 6. The van der Waals surface area contributed by atoms with Gasteiger partial charge in [0.1, 0.15) is 33.1 Å². The molecule has 0 aliphatic carbocycles. The van der Waals surface area contributed by atoms with Gasteiger partial charge in [-0.2, -0.15) is 17.6 Å². The van der Waals surface area contributed by atoms with Crippen LogP contribution in [0, 0.1) is 35.8 Å². The summed E-state index contributed by atoms with van der Waals surface area (Å²) in [5.41, 5.74) is 0.654. The van der Waals surface area contributed by atoms with Gasteiger partial charge in [-0.25, -0.2) is 38.1 Å². The summed E-state index contributed by atoms with van der Waals surface area (Å²) in [6.45, 7) is -6.08. The maximum absolute atomic E-state index is 12.9. The lowest BCUT2D eigenvalue weighted by Crippen LogP contribution is -2.04. The minimum atomic E-state index is -3.05. The largest absolute Gasteiger partial charge is 0.414 e. The minimum absolute atomic E-state index is 0.0569. The van der Waals surface area contributed by atoms with Crippen LogP contribution in [0.25, 0.3) is 11.6 Å². The topological polar surface area (TPSA) is 106 Å². The molecule has 0 unspecified atom stereocenters. The molecular formula is C32H19BrF6N8O2. The Kier molecular flexibility index (Phi) is 12.8. The van der Waals surface area contributed by atoms with Crippen LogP contribution in [0.5, 0.6) is 11.8 Å². The third kappa shape index (κ3) is 11.2. The maximum atomic E-state index is 12.9. The van der Waals surface area contributed by atoms with Crippen molar-refractivity contribution < 1.29 is 35.8 Å². The molecule has 6 heterocycles. The van der Waals surface area contributed by atoms with Crippen LogP contribution in [0.3, 0.4) is 0 Å². The molecule has 49 heavy (non-hydrogen) atoms. The molecule has 0 saturated heterocycles. The third-order valence-corrected chi connectivity index (χ3v) is 5.90. The van der Waals surface area contributed by atoms with E-state index in [9.17, 15) is 26.3 Å². The summed E-state index contributed by atoms with van der Waals surface area (Å²) in [6, 6.07) is 15.9. The summed E-state index contributed by atoms with van der Waals surface area (Å²) >= 11 is 3.20. The van der Waals surface area contributed by atoms with E-state index in [0.29, 0.717) is 5.69 Å². The molecule has 6 aromatic heterocycles. The average molecular weight is 741 g/mol. The van der Waals surface area contributed by atoms with E-state index in [2.05, 4.69) is 73.3 Å². The SMILES string of the molecule is Brc1ccccn1.C#Cc1cn(-c2ccc(F)cn2)nc1OC(F)F.Fc1ccc(-n2cc(C#Cc3ccccn3)c(OC(F)F)n2)nc1. The van der Waals surface area contributed by atoms with Gasteiger partial charge in [0.25, 0.3) is 11.8 Å². The predicted octanol–water partition coefficient (Wildman–Crippen LogP) is 6.64. The average Bonchev–Trinajstić information content (AvgIpc) is 3.68. The van der Waals surface area contributed by atoms with Gasteiger partial charge < -0.3 is 9.47 Å². The zero-order chi connectivity index (χ0) is 35.2. The quantitative estimate of drug-likeness (QED) is 0.106. The number of terminal acetylenes is 1. The van der Waals surface area contributed by atoms with E-state index in [1.54, 1.807) is 30.6 Å². The van der Waals surface area contributed by atoms with Crippen LogP contribution in [0.4, 0.5) is 26.3 Å². The molecule has 0 atom stereocenters. The van der Waals surface area contributed by atoms with E-state index >= 15 is 0 Å². The Labute approximate surface area is 282 Å². The molecule has 0 N–H and O–H groups in total. The van der Waals surface area contributed by atoms with Crippen LogP contribution in [0.2, 0.25) is 0 Å².